The minimum atomic E-state index is -0.391. The van der Waals surface area contributed by atoms with E-state index in [0.717, 1.165) is 59.5 Å². The van der Waals surface area contributed by atoms with Crippen LogP contribution in [0.4, 0.5) is 4.39 Å². The van der Waals surface area contributed by atoms with Crippen LogP contribution in [0.25, 0.3) is 11.1 Å². The molecule has 2 unspecified atom stereocenters. The molecule has 182 valence electrons. The summed E-state index contributed by atoms with van der Waals surface area (Å²) in [5.74, 6) is 1.81. The number of likely N-dealkylation sites (tertiary alicyclic amines) is 1. The third kappa shape index (κ3) is 4.84. The monoisotopic (exact) mass is 475 g/mol. The fourth-order valence-electron chi connectivity index (χ4n) is 5.10. The zero-order valence-electron chi connectivity index (χ0n) is 19.8. The lowest BCUT2D eigenvalue weighted by atomic mass is 9.86. The minimum Gasteiger partial charge on any atom is -0.508 e. The first-order chi connectivity index (χ1) is 17.0. The van der Waals surface area contributed by atoms with Crippen molar-refractivity contribution in [2.75, 3.05) is 26.4 Å². The van der Waals surface area contributed by atoms with Crippen LogP contribution in [0.15, 0.2) is 66.7 Å². The number of hydrogen-bond acceptors (Lipinski definition) is 5. The lowest BCUT2D eigenvalue weighted by Crippen LogP contribution is -2.34. The van der Waals surface area contributed by atoms with Gasteiger partial charge in [-0.1, -0.05) is 24.3 Å². The van der Waals surface area contributed by atoms with Gasteiger partial charge in [0.2, 0.25) is 0 Å². The van der Waals surface area contributed by atoms with E-state index in [0.29, 0.717) is 12.4 Å². The molecule has 0 aliphatic carbocycles. The van der Waals surface area contributed by atoms with Crippen molar-refractivity contribution in [2.45, 2.75) is 31.9 Å². The lowest BCUT2D eigenvalue weighted by Gasteiger charge is -2.31. The van der Waals surface area contributed by atoms with Crippen LogP contribution in [0.2, 0.25) is 0 Å². The van der Waals surface area contributed by atoms with E-state index in [1.807, 2.05) is 43.3 Å². The Kier molecular flexibility index (Phi) is 6.64. The van der Waals surface area contributed by atoms with Crippen LogP contribution in [0, 0.1) is 0 Å². The average Bonchev–Trinajstić information content (AvgIpc) is 3.32. The summed E-state index contributed by atoms with van der Waals surface area (Å²) < 4.78 is 25.5. The van der Waals surface area contributed by atoms with Crippen LogP contribution in [0.3, 0.4) is 0 Å². The van der Waals surface area contributed by atoms with E-state index < -0.39 is 6.10 Å². The van der Waals surface area contributed by atoms with E-state index in [-0.39, 0.29) is 24.2 Å². The number of nitrogens with zero attached hydrogens (tertiary/aromatic N) is 1. The molecule has 3 aromatic carbocycles. The molecule has 1 fully saturated rings. The predicted octanol–water partition coefficient (Wildman–Crippen LogP) is 5.97. The van der Waals surface area contributed by atoms with Gasteiger partial charge in [-0.3, -0.25) is 4.90 Å². The van der Waals surface area contributed by atoms with E-state index in [1.165, 1.54) is 0 Å². The number of allylic oxidation sites excluding steroid dienone is 1. The Morgan fingerprint density at radius 2 is 1.83 bits per heavy atom. The van der Waals surface area contributed by atoms with Gasteiger partial charge in [0.05, 0.1) is 0 Å². The Labute approximate surface area is 205 Å². The molecule has 0 radical (unpaired) electrons. The molecule has 0 amide bonds. The number of rotatable bonds is 7. The van der Waals surface area contributed by atoms with Crippen molar-refractivity contribution >= 4 is 11.1 Å². The summed E-state index contributed by atoms with van der Waals surface area (Å²) in [6.45, 7) is 3.87. The molecule has 5 nitrogen and oxygen atoms in total. The van der Waals surface area contributed by atoms with E-state index >= 15 is 0 Å². The van der Waals surface area contributed by atoms with Gasteiger partial charge in [-0.15, -0.1) is 0 Å². The number of phenols is 2. The molecule has 2 aliphatic heterocycles. The summed E-state index contributed by atoms with van der Waals surface area (Å²) in [7, 11) is 0. The molecule has 0 bridgehead atoms. The number of fused-ring (bicyclic) bond motifs is 1. The average molecular weight is 476 g/mol. The van der Waals surface area contributed by atoms with Crippen molar-refractivity contribution in [2.24, 2.45) is 0 Å². The molecule has 2 N–H and O–H groups in total. The van der Waals surface area contributed by atoms with Crippen LogP contribution in [-0.4, -0.2) is 47.5 Å². The molecule has 35 heavy (non-hydrogen) atoms. The second-order valence-electron chi connectivity index (χ2n) is 9.17. The van der Waals surface area contributed by atoms with Gasteiger partial charge in [0.15, 0.2) is 0 Å². The standard InChI is InChI=1S/C29H30FNO4/c1-19-26-17-24(33)9-12-27(26)35-29(28(19)21-4-2-6-23(32)16-21)20-7-10-25(11-8-20)34-15-14-31-13-3-5-22(31)18-30/h2,4,6-12,16-17,22,29,32-33H,3,5,13-15,18H2,1H3. The van der Waals surface area contributed by atoms with E-state index in [2.05, 4.69) is 4.90 Å². The number of ether oxygens (including phenoxy) is 2. The first-order valence-electron chi connectivity index (χ1n) is 12.1. The molecule has 2 atom stereocenters. The molecule has 5 rings (SSSR count). The number of aromatic hydroxyl groups is 2. The van der Waals surface area contributed by atoms with Gasteiger partial charge in [-0.25, -0.2) is 4.39 Å². The van der Waals surface area contributed by atoms with Crippen LogP contribution >= 0.6 is 0 Å². The molecule has 1 saturated heterocycles. The highest BCUT2D eigenvalue weighted by Gasteiger charge is 2.30. The minimum absolute atomic E-state index is 0.0279. The van der Waals surface area contributed by atoms with Crippen molar-refractivity contribution in [3.8, 4) is 23.0 Å². The van der Waals surface area contributed by atoms with Gasteiger partial charge >= 0.3 is 0 Å². The van der Waals surface area contributed by atoms with Crippen LogP contribution in [-0.2, 0) is 0 Å². The molecule has 3 aromatic rings. The van der Waals surface area contributed by atoms with Crippen molar-refractivity contribution < 1.29 is 24.1 Å². The maximum absolute atomic E-state index is 13.1. The third-order valence-corrected chi connectivity index (χ3v) is 6.94. The third-order valence-electron chi connectivity index (χ3n) is 6.94. The topological polar surface area (TPSA) is 62.2 Å². The van der Waals surface area contributed by atoms with Crippen LogP contribution in [0.1, 0.15) is 42.6 Å². The number of phenolic OH excluding ortho intramolecular Hbond substituents is 2. The summed E-state index contributed by atoms with van der Waals surface area (Å²) in [6, 6.07) is 20.1. The van der Waals surface area contributed by atoms with Gasteiger partial charge in [0, 0.05) is 23.7 Å². The fraction of sp³-hybridized carbons (Fsp3) is 0.310. The number of alkyl halides is 1. The molecular weight excluding hydrogens is 445 g/mol. The fourth-order valence-corrected chi connectivity index (χ4v) is 5.10. The molecule has 0 saturated carbocycles. The Morgan fingerprint density at radius 1 is 1.03 bits per heavy atom. The van der Waals surface area contributed by atoms with Crippen LogP contribution < -0.4 is 9.47 Å². The van der Waals surface area contributed by atoms with Crippen LogP contribution in [0.5, 0.6) is 23.0 Å². The highest BCUT2D eigenvalue weighted by atomic mass is 19.1. The van der Waals surface area contributed by atoms with Crippen molar-refractivity contribution in [1.29, 1.82) is 0 Å². The van der Waals surface area contributed by atoms with Gasteiger partial charge in [0.25, 0.3) is 0 Å². The number of hydrogen-bond donors (Lipinski definition) is 2. The SMILES string of the molecule is CC1=C(c2cccc(O)c2)C(c2ccc(OCCN3CCCC3CF)cc2)Oc2ccc(O)cc21. The van der Waals surface area contributed by atoms with Crippen molar-refractivity contribution in [3.05, 3.63) is 83.4 Å². The van der Waals surface area contributed by atoms with Crippen molar-refractivity contribution in [3.63, 3.8) is 0 Å². The van der Waals surface area contributed by atoms with Gasteiger partial charge in [-0.2, -0.15) is 0 Å². The smallest absolute Gasteiger partial charge is 0.150 e. The zero-order valence-corrected chi connectivity index (χ0v) is 19.8. The largest absolute Gasteiger partial charge is 0.508 e. The summed E-state index contributed by atoms with van der Waals surface area (Å²) in [4.78, 5) is 2.16. The zero-order chi connectivity index (χ0) is 24.4. The van der Waals surface area contributed by atoms with Gasteiger partial charge in [-0.05, 0) is 85.5 Å². The molecule has 2 heterocycles. The second kappa shape index (κ2) is 10.0. The molecular formula is C29H30FNO4. The predicted molar refractivity (Wildman–Crippen MR) is 135 cm³/mol. The van der Waals surface area contributed by atoms with E-state index in [1.54, 1.807) is 30.3 Å². The maximum atomic E-state index is 13.1. The summed E-state index contributed by atoms with van der Waals surface area (Å²) >= 11 is 0. The highest BCUT2D eigenvalue weighted by molar-refractivity contribution is 5.95. The maximum Gasteiger partial charge on any atom is 0.150 e. The van der Waals surface area contributed by atoms with Gasteiger partial charge < -0.3 is 19.7 Å². The normalized spacial score (nSPS) is 19.9. The Bertz CT molecular complexity index is 1220. The number of benzene rings is 3. The number of halogens is 1. The Balaban J connectivity index is 1.39. The first-order valence-corrected chi connectivity index (χ1v) is 12.1. The highest BCUT2D eigenvalue weighted by Crippen LogP contribution is 2.47. The summed E-state index contributed by atoms with van der Waals surface area (Å²) in [5, 5.41) is 20.1. The molecule has 0 spiro atoms. The first kappa shape index (κ1) is 23.2. The molecule has 2 aliphatic rings. The van der Waals surface area contributed by atoms with Crippen molar-refractivity contribution in [1.82, 2.24) is 4.90 Å². The van der Waals surface area contributed by atoms with Gasteiger partial charge in [0.1, 0.15) is 42.4 Å². The molecule has 0 aromatic heterocycles. The lowest BCUT2D eigenvalue weighted by molar-refractivity contribution is 0.176. The second-order valence-corrected chi connectivity index (χ2v) is 9.17. The quantitative estimate of drug-likeness (QED) is 0.441. The Morgan fingerprint density at radius 3 is 2.60 bits per heavy atom. The summed E-state index contributed by atoms with van der Waals surface area (Å²) in [5.41, 5.74) is 4.54. The molecule has 6 heteroatoms. The van der Waals surface area contributed by atoms with E-state index in [9.17, 15) is 14.6 Å². The summed E-state index contributed by atoms with van der Waals surface area (Å²) in [6.07, 6.45) is 1.57. The Hall–Kier alpha value is -3.51. The van der Waals surface area contributed by atoms with E-state index in [4.69, 9.17) is 9.47 Å².